The number of phenols is 1. The molecule has 0 bridgehead atoms. The zero-order valence-electron chi connectivity index (χ0n) is 38.8. The van der Waals surface area contributed by atoms with Gasteiger partial charge in [-0.15, -0.1) is 0 Å². The van der Waals surface area contributed by atoms with Crippen LogP contribution < -0.4 is 31.9 Å². The molecule has 4 atom stereocenters. The number of aromatic hydroxyl groups is 1. The number of likely N-dealkylation sites (N-methyl/N-ethyl adjacent to an activating group) is 1. The number of carbonyl (C=O) groups is 4. The van der Waals surface area contributed by atoms with Gasteiger partial charge in [-0.05, 0) is 44.5 Å². The van der Waals surface area contributed by atoms with Gasteiger partial charge < -0.3 is 31.1 Å². The fourth-order valence-corrected chi connectivity index (χ4v) is 15.7. The number of phenolic OH excluding ortho intramolecular Hbond substituents is 1. The fraction of sp³-hybridized carbons (Fsp3) is 0.385. The van der Waals surface area contributed by atoms with Gasteiger partial charge in [-0.2, -0.15) is 0 Å². The Balaban J connectivity index is 0.961. The van der Waals surface area contributed by atoms with Gasteiger partial charge in [-0.25, -0.2) is 0 Å². The van der Waals surface area contributed by atoms with E-state index in [2.05, 4.69) is 5.32 Å². The van der Waals surface area contributed by atoms with Crippen molar-refractivity contribution in [1.82, 2.24) is 4.90 Å². The van der Waals surface area contributed by atoms with Gasteiger partial charge in [0.2, 0.25) is 5.78 Å². The van der Waals surface area contributed by atoms with E-state index in [0.29, 0.717) is 17.7 Å². The normalized spacial score (nSPS) is 20.5. The Morgan fingerprint density at radius 2 is 1.25 bits per heavy atom. The number of aliphatic hydroxyl groups excluding tert-OH is 2. The third kappa shape index (κ3) is 9.28. The van der Waals surface area contributed by atoms with Gasteiger partial charge >= 0.3 is 207 Å². The zero-order valence-corrected chi connectivity index (χ0v) is 39.8. The van der Waals surface area contributed by atoms with Crippen molar-refractivity contribution in [3.05, 3.63) is 130 Å². The summed E-state index contributed by atoms with van der Waals surface area (Å²) >= 11 is 0. The molecule has 68 heavy (non-hydrogen) atoms. The number of anilines is 2. The molecule has 0 fully saturated rings. The Morgan fingerprint density at radius 3 is 1.72 bits per heavy atom. The average molecular weight is 957 g/mol. The topological polar surface area (TPSA) is 194 Å². The van der Waals surface area contributed by atoms with E-state index < -0.39 is 71.1 Å². The monoisotopic (exact) mass is 956 g/mol. The molecule has 16 heteroatoms. The number of hydrogen-bond donors (Lipinski definition) is 6. The van der Waals surface area contributed by atoms with Crippen LogP contribution in [-0.2, 0) is 20.8 Å². The van der Waals surface area contributed by atoms with Crippen LogP contribution in [-0.4, -0.2) is 94.7 Å². The molecule has 4 aromatic carbocycles. The van der Waals surface area contributed by atoms with Gasteiger partial charge in [0.05, 0.1) is 17.3 Å². The van der Waals surface area contributed by atoms with Crippen molar-refractivity contribution in [3.63, 3.8) is 0 Å². The summed E-state index contributed by atoms with van der Waals surface area (Å²) in [5.41, 5.74) is 2.27. The van der Waals surface area contributed by atoms with Gasteiger partial charge in [-0.3, -0.25) is 19.3 Å². The zero-order chi connectivity index (χ0) is 49.2. The number of benzene rings is 4. The Kier molecular flexibility index (Phi) is 14.9. The van der Waals surface area contributed by atoms with Gasteiger partial charge in [0.1, 0.15) is 17.1 Å². The molecular weight excluding hydrogens is 897 g/mol. The second-order valence-corrected chi connectivity index (χ2v) is 22.8. The number of ketones is 2. The smallest absolute Gasteiger partial charge is 0.255 e. The molecule has 362 valence electrons. The summed E-state index contributed by atoms with van der Waals surface area (Å²) in [6, 6.07) is 19.9. The second-order valence-electron chi connectivity index (χ2n) is 18.8. The minimum Gasteiger partial charge on any atom is -0.510 e. The van der Waals surface area contributed by atoms with Crippen LogP contribution in [0.4, 0.5) is 24.5 Å². The number of unbranched alkanes of at least 4 members (excludes halogenated alkanes) is 7. The van der Waals surface area contributed by atoms with Crippen molar-refractivity contribution in [3.8, 4) is 5.75 Å². The maximum Gasteiger partial charge on any atom is 0.255 e. The van der Waals surface area contributed by atoms with Crippen LogP contribution in [0.15, 0.2) is 102 Å². The van der Waals surface area contributed by atoms with Crippen LogP contribution in [0.2, 0.25) is 0 Å². The van der Waals surface area contributed by atoms with E-state index in [4.69, 9.17) is 5.73 Å². The van der Waals surface area contributed by atoms with Crippen LogP contribution in [0.1, 0.15) is 80.1 Å². The number of nitrogens with zero attached hydrogens (tertiary/aromatic N) is 2. The Bertz CT molecular complexity index is 2540. The summed E-state index contributed by atoms with van der Waals surface area (Å²) in [4.78, 5) is 56.9. The van der Waals surface area contributed by atoms with Gasteiger partial charge in [0.15, 0.2) is 17.1 Å². The number of hydrogen-bond acceptors (Lipinski definition) is 10. The molecule has 0 unspecified atom stereocenters. The number of nitrogens with one attached hydrogen (secondary N) is 1. The predicted molar refractivity (Wildman–Crippen MR) is 259 cm³/mol. The van der Waals surface area contributed by atoms with E-state index in [0.717, 1.165) is 67.0 Å². The summed E-state index contributed by atoms with van der Waals surface area (Å²) < 4.78 is 42.4. The number of amides is 2. The molecule has 3 aliphatic rings. The number of fused-ring (bicyclic) bond motifs is 3. The number of aliphatic hydroxyl groups is 3. The summed E-state index contributed by atoms with van der Waals surface area (Å²) in [6.07, 6.45) is 7.85. The Labute approximate surface area is 394 Å². The first-order chi connectivity index (χ1) is 32.3. The van der Waals surface area contributed by atoms with Crippen LogP contribution in [0.5, 0.6) is 5.75 Å². The number of primary amides is 1. The molecule has 4 aromatic rings. The van der Waals surface area contributed by atoms with E-state index in [9.17, 15) is 52.8 Å². The number of Topliss-reactive ketones (excluding diaryl/α,β-unsaturated/α-hetero) is 2. The first-order valence-corrected chi connectivity index (χ1v) is 25.3. The molecule has 3 aliphatic carbocycles. The van der Waals surface area contributed by atoms with E-state index in [-0.39, 0.29) is 59.4 Å². The number of carbonyl (C=O) groups excluding carboxylic acids is 4. The molecule has 0 heterocycles. The van der Waals surface area contributed by atoms with Gasteiger partial charge in [0.25, 0.3) is 5.91 Å². The molecule has 0 aliphatic heterocycles. The minimum atomic E-state index is -2.80. The quantitative estimate of drug-likeness (QED) is 0.0268. The summed E-state index contributed by atoms with van der Waals surface area (Å²) in [5, 5.41) is 51.9. The third-order valence-corrected chi connectivity index (χ3v) is 19.2. The summed E-state index contributed by atoms with van der Waals surface area (Å²) in [5.74, 6) is -8.95. The molecule has 12 nitrogen and oxygen atoms in total. The molecule has 0 spiro atoms. The fourth-order valence-electron chi connectivity index (χ4n) is 10.9. The van der Waals surface area contributed by atoms with Gasteiger partial charge in [-0.1, -0.05) is 0 Å². The number of halogens is 3. The number of nitrogens with two attached hydrogens (primary N) is 1. The first kappa shape index (κ1) is 49.9. The molecular formula is C52H60F3N4O8P. The maximum absolute atomic E-state index is 14.4. The second kappa shape index (κ2) is 20.3. The Hall–Kier alpha value is -6.02. The molecule has 0 aromatic heterocycles. The molecule has 2 amide bonds. The molecule has 0 saturated carbocycles. The van der Waals surface area contributed by atoms with E-state index >= 15 is 0 Å². The summed E-state index contributed by atoms with van der Waals surface area (Å²) in [7, 11) is 3.82. The van der Waals surface area contributed by atoms with Crippen molar-refractivity contribution in [2.24, 2.45) is 17.6 Å². The van der Waals surface area contributed by atoms with Crippen molar-refractivity contribution in [2.45, 2.75) is 82.3 Å². The molecule has 0 radical (unpaired) electrons. The van der Waals surface area contributed by atoms with Gasteiger partial charge in [0, 0.05) is 31.3 Å². The van der Waals surface area contributed by atoms with E-state index in [1.807, 2.05) is 0 Å². The van der Waals surface area contributed by atoms with Crippen molar-refractivity contribution in [2.75, 3.05) is 44.6 Å². The van der Waals surface area contributed by atoms with Crippen LogP contribution >= 0.6 is 7.26 Å². The predicted octanol–water partition coefficient (Wildman–Crippen LogP) is 6.78. The largest absolute Gasteiger partial charge is 0.510 e. The Morgan fingerprint density at radius 1 is 0.765 bits per heavy atom. The summed E-state index contributed by atoms with van der Waals surface area (Å²) in [6.45, 7) is 0. The molecule has 7 rings (SSSR count). The molecule has 0 saturated heterocycles. The van der Waals surface area contributed by atoms with E-state index in [1.165, 1.54) is 41.3 Å². The van der Waals surface area contributed by atoms with Crippen molar-refractivity contribution in [1.29, 1.82) is 0 Å². The van der Waals surface area contributed by atoms with Crippen molar-refractivity contribution < 1.29 is 52.8 Å². The van der Waals surface area contributed by atoms with Crippen LogP contribution in [0.3, 0.4) is 0 Å². The first-order valence-electron chi connectivity index (χ1n) is 23.1. The molecule has 7 N–H and O–H groups in total. The average Bonchev–Trinajstić information content (AvgIpc) is 3.28. The SMILES string of the molecule is CN(C)c1cc(NC(=O)CCCCCCCCCC[PH](c2ccc(F)cc2)(c2ccc(F)cc2)c2ccc(F)cc2)c(O)c2c1C[C@H]1C[C@H]3[C@H](N(C)C)C(O)=C(C(N)=O)C(=O)[C@@]3(O)C(O)=C1C2=O. The minimum absolute atomic E-state index is 0.0209. The van der Waals surface area contributed by atoms with Crippen LogP contribution in [0, 0.1) is 29.3 Å². The van der Waals surface area contributed by atoms with E-state index in [1.54, 1.807) is 75.6 Å². The number of rotatable bonds is 18. The van der Waals surface area contributed by atoms with Crippen LogP contribution in [0.25, 0.3) is 0 Å². The third-order valence-electron chi connectivity index (χ3n) is 14.2. The maximum atomic E-state index is 14.4. The van der Waals surface area contributed by atoms with Crippen molar-refractivity contribution >= 4 is 57.9 Å². The number of allylic oxidation sites excluding steroid dienone is 1. The standard InChI is InChI=1S/C52H60F3N4O8P/c1-58(2)40-29-39(46(61)43-37(40)27-30-28-38-45(59(3)4)48(63)44(51(56)66)50(65)52(38,67)49(64)42(30)47(43)62)57-41(60)13-11-9-7-5-6-8-10-12-26-68(34-20-14-31(53)15-21-34,35-22-16-32(54)17-23-35)36-24-18-33(55)19-25-36/h14-25,29-30,38,45,61,63-64,67-68H,5-13,26-28H2,1-4H3,(H2,56,66)(H,57,60)/t30-,38-,45-,52-/m0/s1.